The van der Waals surface area contributed by atoms with Crippen molar-refractivity contribution in [2.75, 3.05) is 0 Å². The van der Waals surface area contributed by atoms with E-state index in [2.05, 4.69) is 10.4 Å². The van der Waals surface area contributed by atoms with Crippen LogP contribution in [0.15, 0.2) is 52.6 Å². The van der Waals surface area contributed by atoms with E-state index in [-0.39, 0.29) is 23.1 Å². The highest BCUT2D eigenvalue weighted by molar-refractivity contribution is 7.10. The van der Waals surface area contributed by atoms with Crippen LogP contribution in [-0.4, -0.2) is 20.6 Å². The number of thiophene rings is 1. The first-order valence-corrected chi connectivity index (χ1v) is 8.95. The molecule has 0 aliphatic heterocycles. The van der Waals surface area contributed by atoms with E-state index in [9.17, 15) is 19.7 Å². The molecule has 1 atom stereocenters. The van der Waals surface area contributed by atoms with Gasteiger partial charge in [0.05, 0.1) is 11.0 Å². The zero-order chi connectivity index (χ0) is 19.6. The van der Waals surface area contributed by atoms with Gasteiger partial charge in [0.25, 0.3) is 11.6 Å². The molecule has 0 radical (unpaired) electrons. The second kappa shape index (κ2) is 7.50. The Bertz CT molecular complexity index is 1060. The van der Waals surface area contributed by atoms with Crippen molar-refractivity contribution in [2.45, 2.75) is 19.9 Å². The van der Waals surface area contributed by atoms with Crippen molar-refractivity contribution >= 4 is 22.9 Å². The molecule has 8 nitrogen and oxygen atoms in total. The minimum absolute atomic E-state index is 0.171. The Morgan fingerprint density at radius 2 is 2.04 bits per heavy atom. The fraction of sp³-hybridized carbons (Fsp3) is 0.167. The predicted octanol–water partition coefficient (Wildman–Crippen LogP) is 3.00. The summed E-state index contributed by atoms with van der Waals surface area (Å²) in [5.74, 6) is -0.631. The number of aromatic nitrogens is 2. The van der Waals surface area contributed by atoms with Gasteiger partial charge in [-0.2, -0.15) is 5.10 Å². The summed E-state index contributed by atoms with van der Waals surface area (Å²) < 4.78 is 1.24. The molecule has 0 bridgehead atoms. The van der Waals surface area contributed by atoms with Crippen LogP contribution in [0.2, 0.25) is 0 Å². The molecule has 9 heteroatoms. The molecule has 0 aliphatic rings. The fourth-order valence-corrected chi connectivity index (χ4v) is 3.35. The van der Waals surface area contributed by atoms with Gasteiger partial charge in [-0.3, -0.25) is 19.7 Å². The average molecular weight is 384 g/mol. The molecule has 0 unspecified atom stereocenters. The maximum atomic E-state index is 12.6. The third kappa shape index (κ3) is 3.77. The largest absolute Gasteiger partial charge is 0.343 e. The lowest BCUT2D eigenvalue weighted by Gasteiger charge is -2.14. The zero-order valence-electron chi connectivity index (χ0n) is 14.6. The number of nitro groups is 1. The van der Waals surface area contributed by atoms with Gasteiger partial charge >= 0.3 is 0 Å². The molecule has 3 aromatic rings. The minimum Gasteiger partial charge on any atom is -0.343 e. The van der Waals surface area contributed by atoms with E-state index in [0.29, 0.717) is 5.69 Å². The number of nitro benzene ring substituents is 1. The third-order valence-corrected chi connectivity index (χ3v) is 5.00. The number of hydrogen-bond acceptors (Lipinski definition) is 6. The number of aryl methyl sites for hydroxylation is 1. The zero-order valence-corrected chi connectivity index (χ0v) is 15.4. The second-order valence-corrected chi connectivity index (χ2v) is 6.85. The van der Waals surface area contributed by atoms with Crippen molar-refractivity contribution < 1.29 is 9.72 Å². The van der Waals surface area contributed by atoms with Crippen molar-refractivity contribution in [1.82, 2.24) is 15.1 Å². The molecule has 138 valence electrons. The van der Waals surface area contributed by atoms with Gasteiger partial charge in [0.15, 0.2) is 5.69 Å². The number of carbonyl (C=O) groups excluding carboxylic acids is 1. The van der Waals surface area contributed by atoms with Crippen LogP contribution in [0.25, 0.3) is 5.69 Å². The first-order chi connectivity index (χ1) is 12.9. The van der Waals surface area contributed by atoms with Gasteiger partial charge in [-0.1, -0.05) is 18.2 Å². The smallest absolute Gasteiger partial charge is 0.294 e. The van der Waals surface area contributed by atoms with Crippen molar-refractivity contribution in [1.29, 1.82) is 0 Å². The molecular weight excluding hydrogens is 368 g/mol. The van der Waals surface area contributed by atoms with E-state index < -0.39 is 16.3 Å². The van der Waals surface area contributed by atoms with E-state index in [1.54, 1.807) is 19.9 Å². The van der Waals surface area contributed by atoms with Crippen LogP contribution in [0, 0.1) is 17.0 Å². The van der Waals surface area contributed by atoms with Crippen LogP contribution in [-0.2, 0) is 0 Å². The van der Waals surface area contributed by atoms with Gasteiger partial charge in [-0.25, -0.2) is 4.68 Å². The molecule has 0 aliphatic carbocycles. The fourth-order valence-electron chi connectivity index (χ4n) is 2.62. The molecule has 1 N–H and O–H groups in total. The Balaban J connectivity index is 2.01. The summed E-state index contributed by atoms with van der Waals surface area (Å²) in [5, 5.41) is 20.0. The number of carbonyl (C=O) groups is 1. The van der Waals surface area contributed by atoms with Crippen LogP contribution in [0.3, 0.4) is 0 Å². The lowest BCUT2D eigenvalue weighted by Crippen LogP contribution is -2.33. The molecule has 0 fully saturated rings. The van der Waals surface area contributed by atoms with Crippen molar-refractivity contribution in [3.8, 4) is 5.69 Å². The molecule has 2 aromatic heterocycles. The molecule has 0 saturated carbocycles. The number of benzene rings is 1. The first kappa shape index (κ1) is 18.5. The molecule has 2 heterocycles. The number of amides is 1. The predicted molar refractivity (Wildman–Crippen MR) is 101 cm³/mol. The highest BCUT2D eigenvalue weighted by Crippen LogP contribution is 2.22. The SMILES string of the molecule is Cc1cc(=O)c(C(=O)N[C@@H](C)c2cccs2)nn1-c1ccccc1[N+](=O)[O-]. The lowest BCUT2D eigenvalue weighted by molar-refractivity contribution is -0.384. The topological polar surface area (TPSA) is 107 Å². The van der Waals surface area contributed by atoms with E-state index in [0.717, 1.165) is 4.88 Å². The summed E-state index contributed by atoms with van der Waals surface area (Å²) in [6.07, 6.45) is 0. The van der Waals surface area contributed by atoms with E-state index >= 15 is 0 Å². The van der Waals surface area contributed by atoms with Gasteiger partial charge in [0, 0.05) is 22.7 Å². The summed E-state index contributed by atoms with van der Waals surface area (Å²) in [6.45, 7) is 3.40. The van der Waals surface area contributed by atoms with Crippen LogP contribution in [0.1, 0.15) is 34.0 Å². The summed E-state index contributed by atoms with van der Waals surface area (Å²) >= 11 is 1.49. The average Bonchev–Trinajstić information content (AvgIpc) is 3.16. The minimum atomic E-state index is -0.631. The molecular formula is C18H16N4O4S. The highest BCUT2D eigenvalue weighted by atomic mass is 32.1. The van der Waals surface area contributed by atoms with Gasteiger partial charge in [0.2, 0.25) is 5.43 Å². The normalized spacial score (nSPS) is 11.8. The Morgan fingerprint density at radius 1 is 1.30 bits per heavy atom. The van der Waals surface area contributed by atoms with Crippen LogP contribution in [0.5, 0.6) is 0 Å². The number of nitrogens with zero attached hydrogens (tertiary/aromatic N) is 3. The maximum Gasteiger partial charge on any atom is 0.294 e. The van der Waals surface area contributed by atoms with Crippen molar-refractivity contribution in [2.24, 2.45) is 0 Å². The molecule has 1 amide bonds. The number of nitrogens with one attached hydrogen (secondary N) is 1. The Hall–Kier alpha value is -3.33. The molecule has 1 aromatic carbocycles. The van der Waals surface area contributed by atoms with E-state index in [1.165, 1.54) is 40.3 Å². The maximum absolute atomic E-state index is 12.6. The third-order valence-electron chi connectivity index (χ3n) is 3.95. The first-order valence-electron chi connectivity index (χ1n) is 8.07. The Morgan fingerprint density at radius 3 is 2.70 bits per heavy atom. The van der Waals surface area contributed by atoms with Crippen LogP contribution < -0.4 is 10.7 Å². The number of rotatable bonds is 5. The van der Waals surface area contributed by atoms with Gasteiger partial charge in [-0.05, 0) is 31.4 Å². The highest BCUT2D eigenvalue weighted by Gasteiger charge is 2.21. The van der Waals surface area contributed by atoms with E-state index in [4.69, 9.17) is 0 Å². The molecule has 0 saturated heterocycles. The summed E-state index contributed by atoms with van der Waals surface area (Å²) in [6, 6.07) is 10.7. The Kier molecular flexibility index (Phi) is 5.13. The monoisotopic (exact) mass is 384 g/mol. The number of hydrogen-bond donors (Lipinski definition) is 1. The standard InChI is InChI=1S/C18H16N4O4S/c1-11-10-15(23)17(18(24)19-12(2)16-8-5-9-27-16)20-21(11)13-6-3-4-7-14(13)22(25)26/h3-10,12H,1-2H3,(H,19,24)/t12-/m0/s1. The van der Waals surface area contributed by atoms with Crippen LogP contribution in [0.4, 0.5) is 5.69 Å². The quantitative estimate of drug-likeness (QED) is 0.537. The summed E-state index contributed by atoms with van der Waals surface area (Å²) in [5.41, 5.74) is -0.465. The van der Waals surface area contributed by atoms with Crippen LogP contribution >= 0.6 is 11.3 Å². The molecule has 0 spiro atoms. The van der Waals surface area contributed by atoms with Crippen molar-refractivity contribution in [3.63, 3.8) is 0 Å². The Labute approximate surface area is 158 Å². The van der Waals surface area contributed by atoms with Gasteiger partial charge in [0.1, 0.15) is 5.69 Å². The molecule has 27 heavy (non-hydrogen) atoms. The van der Waals surface area contributed by atoms with Crippen molar-refractivity contribution in [3.05, 3.63) is 84.4 Å². The molecule has 3 rings (SSSR count). The number of para-hydroxylation sites is 2. The summed E-state index contributed by atoms with van der Waals surface area (Å²) in [7, 11) is 0. The summed E-state index contributed by atoms with van der Waals surface area (Å²) in [4.78, 5) is 36.6. The van der Waals surface area contributed by atoms with Gasteiger partial charge in [-0.15, -0.1) is 11.3 Å². The van der Waals surface area contributed by atoms with E-state index in [1.807, 2.05) is 17.5 Å². The lowest BCUT2D eigenvalue weighted by atomic mass is 10.2. The second-order valence-electron chi connectivity index (χ2n) is 5.87. The van der Waals surface area contributed by atoms with Gasteiger partial charge < -0.3 is 5.32 Å².